The third kappa shape index (κ3) is 3.03. The van der Waals surface area contributed by atoms with Gasteiger partial charge >= 0.3 is 0 Å². The summed E-state index contributed by atoms with van der Waals surface area (Å²) < 4.78 is 4.87. The molecule has 23 heavy (non-hydrogen) atoms. The standard InChI is InChI=1S/C17H17N3O2S/c1-11(14-9-10-22-19-14)20(3)17(21)16-15(18-12(2)23-16)13-7-5-4-6-8-13/h4-11H,1-3H3/t11-/m1/s1. The van der Waals surface area contributed by atoms with E-state index in [1.807, 2.05) is 44.2 Å². The number of thiazole rings is 1. The van der Waals surface area contributed by atoms with Crippen LogP contribution in [-0.2, 0) is 0 Å². The Kier molecular flexibility index (Phi) is 4.25. The van der Waals surface area contributed by atoms with Crippen LogP contribution in [0.2, 0.25) is 0 Å². The van der Waals surface area contributed by atoms with Gasteiger partial charge in [0, 0.05) is 18.7 Å². The Morgan fingerprint density at radius 2 is 2.00 bits per heavy atom. The molecule has 0 fully saturated rings. The predicted octanol–water partition coefficient (Wildman–Crippen LogP) is 3.94. The second-order valence-corrected chi connectivity index (χ2v) is 6.50. The molecule has 6 heteroatoms. The maximum absolute atomic E-state index is 12.9. The highest BCUT2D eigenvalue weighted by atomic mass is 32.1. The number of rotatable bonds is 4. The molecule has 118 valence electrons. The first-order chi connectivity index (χ1) is 11.1. The molecular formula is C17H17N3O2S. The summed E-state index contributed by atoms with van der Waals surface area (Å²) in [7, 11) is 1.77. The van der Waals surface area contributed by atoms with Crippen LogP contribution in [0.3, 0.4) is 0 Å². The van der Waals surface area contributed by atoms with E-state index in [1.165, 1.54) is 17.6 Å². The highest BCUT2D eigenvalue weighted by Crippen LogP contribution is 2.30. The fourth-order valence-corrected chi connectivity index (χ4v) is 3.26. The molecule has 1 amide bonds. The van der Waals surface area contributed by atoms with Gasteiger partial charge < -0.3 is 9.42 Å². The van der Waals surface area contributed by atoms with Crippen LogP contribution >= 0.6 is 11.3 Å². The smallest absolute Gasteiger partial charge is 0.266 e. The fourth-order valence-electron chi connectivity index (χ4n) is 2.34. The molecule has 0 bridgehead atoms. The molecule has 3 rings (SSSR count). The molecule has 0 saturated carbocycles. The monoisotopic (exact) mass is 327 g/mol. The van der Waals surface area contributed by atoms with Crippen LogP contribution < -0.4 is 0 Å². The Morgan fingerprint density at radius 1 is 1.26 bits per heavy atom. The minimum Gasteiger partial charge on any atom is -0.364 e. The van der Waals surface area contributed by atoms with Gasteiger partial charge in [0.1, 0.15) is 16.8 Å². The lowest BCUT2D eigenvalue weighted by Gasteiger charge is -2.22. The van der Waals surface area contributed by atoms with Crippen molar-refractivity contribution in [2.45, 2.75) is 19.9 Å². The Morgan fingerprint density at radius 3 is 2.65 bits per heavy atom. The molecule has 0 aliphatic heterocycles. The van der Waals surface area contributed by atoms with Gasteiger partial charge in [-0.3, -0.25) is 4.79 Å². The first-order valence-corrected chi connectivity index (χ1v) is 8.10. The Balaban J connectivity index is 1.94. The average molecular weight is 327 g/mol. The van der Waals surface area contributed by atoms with Gasteiger partial charge in [0.2, 0.25) is 0 Å². The van der Waals surface area contributed by atoms with Gasteiger partial charge in [-0.05, 0) is 13.8 Å². The zero-order chi connectivity index (χ0) is 16.4. The summed E-state index contributed by atoms with van der Waals surface area (Å²) >= 11 is 1.41. The zero-order valence-corrected chi connectivity index (χ0v) is 14.0. The largest absolute Gasteiger partial charge is 0.364 e. The summed E-state index contributed by atoms with van der Waals surface area (Å²) in [6, 6.07) is 11.4. The second kappa shape index (κ2) is 6.34. The van der Waals surface area contributed by atoms with Gasteiger partial charge in [0.15, 0.2) is 0 Å². The number of carbonyl (C=O) groups excluding carboxylic acids is 1. The van der Waals surface area contributed by atoms with Crippen LogP contribution in [0.25, 0.3) is 11.3 Å². The Labute approximate surface area is 138 Å². The van der Waals surface area contributed by atoms with Crippen LogP contribution in [0, 0.1) is 6.92 Å². The van der Waals surface area contributed by atoms with Crippen molar-refractivity contribution in [3.8, 4) is 11.3 Å². The topological polar surface area (TPSA) is 59.2 Å². The van der Waals surface area contributed by atoms with Crippen molar-refractivity contribution in [2.24, 2.45) is 0 Å². The lowest BCUT2D eigenvalue weighted by molar-refractivity contribution is 0.0743. The Hall–Kier alpha value is -2.47. The predicted molar refractivity (Wildman–Crippen MR) is 89.3 cm³/mol. The molecular weight excluding hydrogens is 310 g/mol. The summed E-state index contributed by atoms with van der Waals surface area (Å²) in [4.78, 5) is 19.8. The first kappa shape index (κ1) is 15.4. The van der Waals surface area contributed by atoms with E-state index in [0.717, 1.165) is 22.0 Å². The summed E-state index contributed by atoms with van der Waals surface area (Å²) in [5, 5.41) is 4.79. The number of aromatic nitrogens is 2. The average Bonchev–Trinajstić information content (AvgIpc) is 3.23. The molecule has 0 radical (unpaired) electrons. The van der Waals surface area contributed by atoms with Crippen LogP contribution in [-0.4, -0.2) is 28.0 Å². The highest BCUT2D eigenvalue weighted by Gasteiger charge is 2.25. The first-order valence-electron chi connectivity index (χ1n) is 7.28. The van der Waals surface area contributed by atoms with E-state index in [4.69, 9.17) is 4.52 Å². The molecule has 0 saturated heterocycles. The molecule has 0 spiro atoms. The highest BCUT2D eigenvalue weighted by molar-refractivity contribution is 7.14. The van der Waals surface area contributed by atoms with E-state index in [2.05, 4.69) is 10.1 Å². The van der Waals surface area contributed by atoms with Crippen molar-refractivity contribution in [1.82, 2.24) is 15.0 Å². The van der Waals surface area contributed by atoms with Gasteiger partial charge in [-0.25, -0.2) is 4.98 Å². The number of benzene rings is 1. The number of amides is 1. The summed E-state index contributed by atoms with van der Waals surface area (Å²) in [6.07, 6.45) is 1.51. The molecule has 2 heterocycles. The molecule has 0 N–H and O–H groups in total. The van der Waals surface area contributed by atoms with E-state index in [1.54, 1.807) is 18.0 Å². The molecule has 0 unspecified atom stereocenters. The zero-order valence-electron chi connectivity index (χ0n) is 13.2. The van der Waals surface area contributed by atoms with Crippen LogP contribution in [0.1, 0.15) is 33.3 Å². The third-order valence-corrected chi connectivity index (χ3v) is 4.72. The molecule has 0 aliphatic rings. The Bertz CT molecular complexity index is 797. The van der Waals surface area contributed by atoms with Gasteiger partial charge in [-0.2, -0.15) is 0 Å². The maximum atomic E-state index is 12.9. The molecule has 5 nitrogen and oxygen atoms in total. The minimum absolute atomic E-state index is 0.0649. The van der Waals surface area contributed by atoms with E-state index in [-0.39, 0.29) is 11.9 Å². The van der Waals surface area contributed by atoms with Crippen molar-refractivity contribution in [3.63, 3.8) is 0 Å². The van der Waals surface area contributed by atoms with Crippen molar-refractivity contribution < 1.29 is 9.32 Å². The van der Waals surface area contributed by atoms with Gasteiger partial charge in [0.05, 0.1) is 16.7 Å². The normalized spacial score (nSPS) is 12.1. The lowest BCUT2D eigenvalue weighted by Crippen LogP contribution is -2.29. The number of aryl methyl sites for hydroxylation is 1. The quantitative estimate of drug-likeness (QED) is 0.728. The molecule has 1 aromatic carbocycles. The SMILES string of the molecule is Cc1nc(-c2ccccc2)c(C(=O)N(C)[C@H](C)c2ccon2)s1. The molecule has 0 aliphatic carbocycles. The van der Waals surface area contributed by atoms with Gasteiger partial charge in [-0.15, -0.1) is 11.3 Å². The van der Waals surface area contributed by atoms with Gasteiger partial charge in [0.25, 0.3) is 5.91 Å². The lowest BCUT2D eigenvalue weighted by atomic mass is 10.1. The number of carbonyl (C=O) groups is 1. The number of hydrogen-bond donors (Lipinski definition) is 0. The van der Waals surface area contributed by atoms with E-state index < -0.39 is 0 Å². The van der Waals surface area contributed by atoms with Crippen LogP contribution in [0.4, 0.5) is 0 Å². The van der Waals surface area contributed by atoms with Crippen molar-refractivity contribution in [2.75, 3.05) is 7.05 Å². The third-order valence-electron chi connectivity index (χ3n) is 3.76. The van der Waals surface area contributed by atoms with Crippen LogP contribution in [0.15, 0.2) is 47.2 Å². The summed E-state index contributed by atoms with van der Waals surface area (Å²) in [5.41, 5.74) is 2.41. The summed E-state index contributed by atoms with van der Waals surface area (Å²) in [6.45, 7) is 3.83. The maximum Gasteiger partial charge on any atom is 0.266 e. The molecule has 1 atom stereocenters. The summed E-state index contributed by atoms with van der Waals surface area (Å²) in [5.74, 6) is -0.0649. The fraction of sp³-hybridized carbons (Fsp3) is 0.235. The number of hydrogen-bond acceptors (Lipinski definition) is 5. The van der Waals surface area contributed by atoms with E-state index in [0.29, 0.717) is 4.88 Å². The van der Waals surface area contributed by atoms with Crippen LogP contribution in [0.5, 0.6) is 0 Å². The van der Waals surface area contributed by atoms with Crippen molar-refractivity contribution in [3.05, 3.63) is 58.2 Å². The van der Waals surface area contributed by atoms with E-state index >= 15 is 0 Å². The van der Waals surface area contributed by atoms with Crippen molar-refractivity contribution >= 4 is 17.2 Å². The molecule has 3 aromatic rings. The molecule has 2 aromatic heterocycles. The number of nitrogens with zero attached hydrogens (tertiary/aromatic N) is 3. The second-order valence-electron chi connectivity index (χ2n) is 5.29. The van der Waals surface area contributed by atoms with Gasteiger partial charge in [-0.1, -0.05) is 35.5 Å². The van der Waals surface area contributed by atoms with Crippen molar-refractivity contribution in [1.29, 1.82) is 0 Å². The van der Waals surface area contributed by atoms with E-state index in [9.17, 15) is 4.79 Å². The minimum atomic E-state index is -0.174.